The molecule has 24 heavy (non-hydrogen) atoms. The molecule has 1 N–H and O–H groups in total. The molecule has 1 aliphatic heterocycles. The van der Waals surface area contributed by atoms with Crippen LogP contribution in [0.4, 0.5) is 8.78 Å². The summed E-state index contributed by atoms with van der Waals surface area (Å²) in [6, 6.07) is 4.47. The second-order valence-electron chi connectivity index (χ2n) is 5.40. The van der Waals surface area contributed by atoms with Crippen LogP contribution in [-0.4, -0.2) is 30.3 Å². The molecule has 0 aliphatic carbocycles. The van der Waals surface area contributed by atoms with Gasteiger partial charge in [-0.2, -0.15) is 0 Å². The van der Waals surface area contributed by atoms with E-state index < -0.39 is 11.6 Å². The van der Waals surface area contributed by atoms with E-state index in [2.05, 4.69) is 10.5 Å². The second-order valence-corrected chi connectivity index (χ2v) is 5.40. The third kappa shape index (κ3) is 4.08. The van der Waals surface area contributed by atoms with Gasteiger partial charge < -0.3 is 19.3 Å². The molecule has 1 aliphatic rings. The molecule has 1 saturated heterocycles. The number of ether oxygens (including phenoxy) is 2. The van der Waals surface area contributed by atoms with Gasteiger partial charge in [0.25, 0.3) is 5.91 Å². The predicted octanol–water partition coefficient (Wildman–Crippen LogP) is 2.44. The third-order valence-electron chi connectivity index (χ3n) is 3.61. The zero-order valence-corrected chi connectivity index (χ0v) is 12.8. The minimum absolute atomic E-state index is 0.0518. The van der Waals surface area contributed by atoms with Gasteiger partial charge in [-0.05, 0) is 25.0 Å². The van der Waals surface area contributed by atoms with Crippen LogP contribution in [0.5, 0.6) is 5.75 Å². The number of aromatic nitrogens is 1. The lowest BCUT2D eigenvalue weighted by atomic mass is 10.1. The number of carbonyl (C=O) groups excluding carboxylic acids is 1. The lowest BCUT2D eigenvalue weighted by Gasteiger charge is -2.22. The van der Waals surface area contributed by atoms with Crippen LogP contribution < -0.4 is 10.1 Å². The van der Waals surface area contributed by atoms with E-state index >= 15 is 0 Å². The van der Waals surface area contributed by atoms with Crippen LogP contribution >= 0.6 is 0 Å². The van der Waals surface area contributed by atoms with Crippen molar-refractivity contribution in [3.8, 4) is 5.75 Å². The van der Waals surface area contributed by atoms with E-state index in [-0.39, 0.29) is 35.8 Å². The van der Waals surface area contributed by atoms with E-state index in [1.807, 2.05) is 0 Å². The average molecular weight is 338 g/mol. The first kappa shape index (κ1) is 16.4. The molecule has 6 nitrogen and oxygen atoms in total. The molecule has 0 bridgehead atoms. The van der Waals surface area contributed by atoms with Crippen molar-refractivity contribution in [2.75, 3.05) is 13.2 Å². The van der Waals surface area contributed by atoms with Crippen molar-refractivity contribution >= 4 is 5.91 Å². The molecule has 2 heterocycles. The van der Waals surface area contributed by atoms with Crippen LogP contribution in [-0.2, 0) is 11.3 Å². The highest BCUT2D eigenvalue weighted by Gasteiger charge is 2.19. The molecule has 1 amide bonds. The smallest absolute Gasteiger partial charge is 0.273 e. The number of carbonyl (C=O) groups is 1. The molecule has 0 saturated carbocycles. The Morgan fingerprint density at radius 1 is 1.29 bits per heavy atom. The monoisotopic (exact) mass is 338 g/mol. The molecule has 8 heteroatoms. The SMILES string of the molecule is O=C(NC1CCOCC1)c1cc(COc2ccc(F)cc2F)on1. The molecular weight excluding hydrogens is 322 g/mol. The zero-order chi connectivity index (χ0) is 16.9. The summed E-state index contributed by atoms with van der Waals surface area (Å²) in [6.07, 6.45) is 1.51. The van der Waals surface area contributed by atoms with Crippen LogP contribution in [0.25, 0.3) is 0 Å². The number of hydrogen-bond donors (Lipinski definition) is 1. The molecular formula is C16H16F2N2O4. The summed E-state index contributed by atoms with van der Waals surface area (Å²) < 4.78 is 41.7. The van der Waals surface area contributed by atoms with Crippen molar-refractivity contribution in [3.63, 3.8) is 0 Å². The standard InChI is InChI=1S/C16H16F2N2O4/c17-10-1-2-15(13(18)7-10)23-9-12-8-14(20-24-12)16(21)19-11-3-5-22-6-4-11/h1-2,7-8,11H,3-6,9H2,(H,19,21). The first-order chi connectivity index (χ1) is 11.6. The highest BCUT2D eigenvalue weighted by atomic mass is 19.1. The van der Waals surface area contributed by atoms with Gasteiger partial charge in [-0.25, -0.2) is 8.78 Å². The minimum Gasteiger partial charge on any atom is -0.482 e. The Balaban J connectivity index is 1.55. The summed E-state index contributed by atoms with van der Waals surface area (Å²) >= 11 is 0. The van der Waals surface area contributed by atoms with Crippen molar-refractivity contribution in [3.05, 3.63) is 47.4 Å². The number of hydrogen-bond acceptors (Lipinski definition) is 5. The minimum atomic E-state index is -0.813. The van der Waals surface area contributed by atoms with Gasteiger partial charge in [-0.1, -0.05) is 5.16 Å². The van der Waals surface area contributed by atoms with Crippen LogP contribution in [0.15, 0.2) is 28.8 Å². The molecule has 128 valence electrons. The van der Waals surface area contributed by atoms with Crippen molar-refractivity contribution in [2.24, 2.45) is 0 Å². The molecule has 1 aromatic heterocycles. The normalized spacial score (nSPS) is 15.2. The topological polar surface area (TPSA) is 73.6 Å². The fourth-order valence-corrected chi connectivity index (χ4v) is 2.33. The van der Waals surface area contributed by atoms with Crippen LogP contribution in [0.1, 0.15) is 29.1 Å². The summed E-state index contributed by atoms with van der Waals surface area (Å²) in [7, 11) is 0. The van der Waals surface area contributed by atoms with Crippen LogP contribution in [0.3, 0.4) is 0 Å². The number of nitrogens with one attached hydrogen (secondary N) is 1. The Hall–Kier alpha value is -2.48. The summed E-state index contributed by atoms with van der Waals surface area (Å²) in [5, 5.41) is 6.53. The van der Waals surface area contributed by atoms with Crippen LogP contribution in [0.2, 0.25) is 0 Å². The van der Waals surface area contributed by atoms with Gasteiger partial charge in [0, 0.05) is 31.4 Å². The van der Waals surface area contributed by atoms with Gasteiger partial charge in [0.1, 0.15) is 12.4 Å². The quantitative estimate of drug-likeness (QED) is 0.906. The molecule has 0 atom stereocenters. The zero-order valence-electron chi connectivity index (χ0n) is 12.8. The lowest BCUT2D eigenvalue weighted by Crippen LogP contribution is -2.39. The van der Waals surface area contributed by atoms with Gasteiger partial charge >= 0.3 is 0 Å². The second kappa shape index (κ2) is 7.39. The van der Waals surface area contributed by atoms with E-state index in [1.165, 1.54) is 12.1 Å². The van der Waals surface area contributed by atoms with Gasteiger partial charge in [-0.15, -0.1) is 0 Å². The molecule has 0 spiro atoms. The summed E-state index contributed by atoms with van der Waals surface area (Å²) in [6.45, 7) is 1.11. The van der Waals surface area contributed by atoms with Gasteiger partial charge in [0.2, 0.25) is 0 Å². The van der Waals surface area contributed by atoms with Gasteiger partial charge in [-0.3, -0.25) is 4.79 Å². The highest BCUT2D eigenvalue weighted by Crippen LogP contribution is 2.19. The Kier molecular flexibility index (Phi) is 5.05. The summed E-state index contributed by atoms with van der Waals surface area (Å²) in [4.78, 5) is 12.1. The van der Waals surface area contributed by atoms with E-state index in [1.54, 1.807) is 0 Å². The van der Waals surface area contributed by atoms with Crippen molar-refractivity contribution in [1.82, 2.24) is 10.5 Å². The largest absolute Gasteiger partial charge is 0.482 e. The van der Waals surface area contributed by atoms with E-state index in [0.717, 1.165) is 25.0 Å². The molecule has 1 aromatic carbocycles. The van der Waals surface area contributed by atoms with E-state index in [0.29, 0.717) is 13.2 Å². The Labute approximate surface area is 136 Å². The number of amides is 1. The fraction of sp³-hybridized carbons (Fsp3) is 0.375. The first-order valence-corrected chi connectivity index (χ1v) is 7.54. The van der Waals surface area contributed by atoms with Crippen LogP contribution in [0, 0.1) is 11.6 Å². The van der Waals surface area contributed by atoms with Gasteiger partial charge in [0.05, 0.1) is 0 Å². The maximum atomic E-state index is 13.5. The third-order valence-corrected chi connectivity index (χ3v) is 3.61. The summed E-state index contributed by atoms with van der Waals surface area (Å²) in [5.74, 6) is -1.69. The molecule has 3 rings (SSSR count). The fourth-order valence-electron chi connectivity index (χ4n) is 2.33. The van der Waals surface area contributed by atoms with Crippen molar-refractivity contribution in [2.45, 2.75) is 25.5 Å². The Morgan fingerprint density at radius 2 is 2.08 bits per heavy atom. The molecule has 0 radical (unpaired) electrons. The molecule has 2 aromatic rings. The van der Waals surface area contributed by atoms with E-state index in [9.17, 15) is 13.6 Å². The van der Waals surface area contributed by atoms with Crippen molar-refractivity contribution in [1.29, 1.82) is 0 Å². The predicted molar refractivity (Wildman–Crippen MR) is 78.5 cm³/mol. The van der Waals surface area contributed by atoms with Crippen molar-refractivity contribution < 1.29 is 27.6 Å². The average Bonchev–Trinajstić information content (AvgIpc) is 3.04. The summed E-state index contributed by atoms with van der Waals surface area (Å²) in [5.41, 5.74) is 0.125. The Bertz CT molecular complexity index is 714. The molecule has 0 unspecified atom stereocenters. The number of nitrogens with zero attached hydrogens (tertiary/aromatic N) is 1. The number of benzene rings is 1. The lowest BCUT2D eigenvalue weighted by molar-refractivity contribution is 0.0692. The number of halogens is 2. The maximum Gasteiger partial charge on any atom is 0.273 e. The number of rotatable bonds is 5. The highest BCUT2D eigenvalue weighted by molar-refractivity contribution is 5.92. The molecule has 1 fully saturated rings. The Morgan fingerprint density at radius 3 is 2.83 bits per heavy atom. The maximum absolute atomic E-state index is 13.5. The first-order valence-electron chi connectivity index (χ1n) is 7.54. The van der Waals surface area contributed by atoms with E-state index in [4.69, 9.17) is 14.0 Å². The van der Waals surface area contributed by atoms with Gasteiger partial charge in [0.15, 0.2) is 23.0 Å².